The van der Waals surface area contributed by atoms with Crippen LogP contribution in [0.4, 0.5) is 5.13 Å². The molecular weight excluding hydrogens is 290 g/mol. The predicted octanol–water partition coefficient (Wildman–Crippen LogP) is 3.89. The number of hydrogen-bond donors (Lipinski definition) is 1. The molecule has 20 heavy (non-hydrogen) atoms. The number of anilines is 1. The van der Waals surface area contributed by atoms with E-state index in [0.29, 0.717) is 11.8 Å². The first-order valence-electron chi connectivity index (χ1n) is 7.61. The summed E-state index contributed by atoms with van der Waals surface area (Å²) < 4.78 is 0.934. The van der Waals surface area contributed by atoms with Crippen LogP contribution in [0.3, 0.4) is 0 Å². The van der Waals surface area contributed by atoms with Crippen molar-refractivity contribution in [2.75, 3.05) is 5.32 Å². The van der Waals surface area contributed by atoms with Crippen molar-refractivity contribution < 1.29 is 4.79 Å². The Balaban J connectivity index is 1.54. The molecular formula is C14H21N3OS2. The van der Waals surface area contributed by atoms with Gasteiger partial charge in [-0.05, 0) is 25.7 Å². The lowest BCUT2D eigenvalue weighted by molar-refractivity contribution is -0.119. The van der Waals surface area contributed by atoms with Crippen LogP contribution >= 0.6 is 23.1 Å². The van der Waals surface area contributed by atoms with Crippen LogP contribution in [0.25, 0.3) is 0 Å². The van der Waals surface area contributed by atoms with Crippen molar-refractivity contribution in [1.82, 2.24) is 10.2 Å². The molecule has 1 aromatic rings. The van der Waals surface area contributed by atoms with Crippen molar-refractivity contribution >= 4 is 34.0 Å². The number of hydrogen-bond acceptors (Lipinski definition) is 6. The van der Waals surface area contributed by atoms with Crippen LogP contribution < -0.4 is 5.32 Å². The molecule has 3 rings (SSSR count). The van der Waals surface area contributed by atoms with E-state index in [-0.39, 0.29) is 5.25 Å². The number of Topliss-reactive ketones (excluding diaryl/α,β-unsaturated/α-hetero) is 1. The van der Waals surface area contributed by atoms with Gasteiger partial charge in [-0.2, -0.15) is 0 Å². The van der Waals surface area contributed by atoms with Crippen LogP contribution in [0, 0.1) is 0 Å². The van der Waals surface area contributed by atoms with E-state index in [0.717, 1.165) is 35.2 Å². The van der Waals surface area contributed by atoms with Gasteiger partial charge >= 0.3 is 0 Å². The second kappa shape index (κ2) is 6.89. The second-order valence-corrected chi connectivity index (χ2v) is 8.10. The van der Waals surface area contributed by atoms with Crippen LogP contribution in [0.15, 0.2) is 4.34 Å². The fourth-order valence-electron chi connectivity index (χ4n) is 2.93. The van der Waals surface area contributed by atoms with Crippen LogP contribution in [-0.2, 0) is 4.79 Å². The molecule has 0 amide bonds. The van der Waals surface area contributed by atoms with E-state index in [2.05, 4.69) is 15.5 Å². The Morgan fingerprint density at radius 1 is 1.05 bits per heavy atom. The first kappa shape index (κ1) is 14.3. The second-order valence-electron chi connectivity index (χ2n) is 5.67. The van der Waals surface area contributed by atoms with Gasteiger partial charge in [0.1, 0.15) is 5.78 Å². The molecule has 0 radical (unpaired) electrons. The molecule has 4 nitrogen and oxygen atoms in total. The maximum absolute atomic E-state index is 11.8. The minimum atomic E-state index is 0.110. The average molecular weight is 311 g/mol. The van der Waals surface area contributed by atoms with Crippen molar-refractivity contribution in [2.45, 2.75) is 73.4 Å². The molecule has 2 aliphatic carbocycles. The van der Waals surface area contributed by atoms with Crippen LogP contribution in [-0.4, -0.2) is 27.3 Å². The SMILES string of the molecule is O=C1CCCC[C@@H]1Sc1nnc(NC2CCCCC2)s1. The van der Waals surface area contributed by atoms with Gasteiger partial charge in [0.15, 0.2) is 4.34 Å². The Bertz CT molecular complexity index is 457. The molecule has 0 unspecified atom stereocenters. The Morgan fingerprint density at radius 2 is 1.85 bits per heavy atom. The van der Waals surface area contributed by atoms with Gasteiger partial charge in [-0.25, -0.2) is 0 Å². The fraction of sp³-hybridized carbons (Fsp3) is 0.786. The molecule has 1 atom stereocenters. The van der Waals surface area contributed by atoms with Gasteiger partial charge < -0.3 is 5.32 Å². The highest BCUT2D eigenvalue weighted by Gasteiger charge is 2.25. The molecule has 0 spiro atoms. The lowest BCUT2D eigenvalue weighted by Crippen LogP contribution is -2.22. The lowest BCUT2D eigenvalue weighted by atomic mass is 9.96. The minimum Gasteiger partial charge on any atom is -0.357 e. The number of nitrogens with one attached hydrogen (secondary N) is 1. The summed E-state index contributed by atoms with van der Waals surface area (Å²) in [6.45, 7) is 0. The van der Waals surface area contributed by atoms with Crippen molar-refractivity contribution in [2.24, 2.45) is 0 Å². The third-order valence-electron chi connectivity index (χ3n) is 4.08. The summed E-state index contributed by atoms with van der Waals surface area (Å²) in [6.07, 6.45) is 10.4. The van der Waals surface area contributed by atoms with Crippen LogP contribution in [0.5, 0.6) is 0 Å². The van der Waals surface area contributed by atoms with E-state index in [1.807, 2.05) is 0 Å². The van der Waals surface area contributed by atoms with Gasteiger partial charge in [-0.3, -0.25) is 4.79 Å². The van der Waals surface area contributed by atoms with E-state index < -0.39 is 0 Å². The predicted molar refractivity (Wildman–Crippen MR) is 83.5 cm³/mol. The molecule has 2 saturated carbocycles. The normalized spacial score (nSPS) is 24.8. The zero-order chi connectivity index (χ0) is 13.8. The van der Waals surface area contributed by atoms with E-state index in [4.69, 9.17) is 0 Å². The monoisotopic (exact) mass is 311 g/mol. The summed E-state index contributed by atoms with van der Waals surface area (Å²) in [5.41, 5.74) is 0. The topological polar surface area (TPSA) is 54.9 Å². The zero-order valence-electron chi connectivity index (χ0n) is 11.6. The number of ketones is 1. The fourth-order valence-corrected chi connectivity index (χ4v) is 5.13. The molecule has 0 aliphatic heterocycles. The number of nitrogens with zero attached hydrogens (tertiary/aromatic N) is 2. The highest BCUT2D eigenvalue weighted by molar-refractivity contribution is 8.02. The minimum absolute atomic E-state index is 0.110. The quantitative estimate of drug-likeness (QED) is 0.914. The highest BCUT2D eigenvalue weighted by Crippen LogP contribution is 2.35. The molecule has 110 valence electrons. The largest absolute Gasteiger partial charge is 0.357 e. The number of rotatable bonds is 4. The molecule has 1 aromatic heterocycles. The summed E-state index contributed by atoms with van der Waals surface area (Å²) >= 11 is 3.21. The summed E-state index contributed by atoms with van der Waals surface area (Å²) in [7, 11) is 0. The standard InChI is InChI=1S/C14H21N3OS2/c18-11-8-4-5-9-12(11)19-14-17-16-13(20-14)15-10-6-2-1-3-7-10/h10,12H,1-9H2,(H,15,16)/t12-/m0/s1. The van der Waals surface area contributed by atoms with Crippen LogP contribution in [0.2, 0.25) is 0 Å². The van der Waals surface area contributed by atoms with E-state index in [9.17, 15) is 4.79 Å². The third kappa shape index (κ3) is 3.73. The maximum atomic E-state index is 11.8. The van der Waals surface area contributed by atoms with E-state index in [1.165, 1.54) is 32.1 Å². The smallest absolute Gasteiger partial charge is 0.206 e. The number of carbonyl (C=O) groups is 1. The first-order chi connectivity index (χ1) is 9.81. The van der Waals surface area contributed by atoms with E-state index in [1.54, 1.807) is 23.1 Å². The Labute approximate surface area is 128 Å². The molecule has 2 fully saturated rings. The Kier molecular flexibility index (Phi) is 4.94. The molecule has 1 N–H and O–H groups in total. The highest BCUT2D eigenvalue weighted by atomic mass is 32.2. The summed E-state index contributed by atoms with van der Waals surface area (Å²) in [5.74, 6) is 0.387. The Morgan fingerprint density at radius 3 is 2.65 bits per heavy atom. The molecule has 0 saturated heterocycles. The van der Waals surface area contributed by atoms with Gasteiger partial charge in [0.25, 0.3) is 0 Å². The molecule has 1 heterocycles. The number of aromatic nitrogens is 2. The number of thioether (sulfide) groups is 1. The van der Waals surface area contributed by atoms with Gasteiger partial charge in [0, 0.05) is 12.5 Å². The average Bonchev–Trinajstić information content (AvgIpc) is 2.90. The van der Waals surface area contributed by atoms with Crippen molar-refractivity contribution in [3.63, 3.8) is 0 Å². The zero-order valence-corrected chi connectivity index (χ0v) is 13.3. The summed E-state index contributed by atoms with van der Waals surface area (Å²) in [5, 5.41) is 13.0. The summed E-state index contributed by atoms with van der Waals surface area (Å²) in [4.78, 5) is 11.8. The van der Waals surface area contributed by atoms with E-state index >= 15 is 0 Å². The Hall–Kier alpha value is -0.620. The first-order valence-corrected chi connectivity index (χ1v) is 9.30. The summed E-state index contributed by atoms with van der Waals surface area (Å²) in [6, 6.07) is 0.561. The van der Waals surface area contributed by atoms with Crippen molar-refractivity contribution in [1.29, 1.82) is 0 Å². The molecule has 6 heteroatoms. The van der Waals surface area contributed by atoms with Crippen molar-refractivity contribution in [3.8, 4) is 0 Å². The van der Waals surface area contributed by atoms with Gasteiger partial charge in [-0.1, -0.05) is 48.8 Å². The maximum Gasteiger partial charge on any atom is 0.206 e. The third-order valence-corrected chi connectivity index (χ3v) is 6.34. The van der Waals surface area contributed by atoms with Gasteiger partial charge in [0.05, 0.1) is 5.25 Å². The number of carbonyl (C=O) groups excluding carboxylic acids is 1. The van der Waals surface area contributed by atoms with Crippen LogP contribution in [0.1, 0.15) is 57.8 Å². The van der Waals surface area contributed by atoms with Crippen molar-refractivity contribution in [3.05, 3.63) is 0 Å². The van der Waals surface area contributed by atoms with Gasteiger partial charge in [-0.15, -0.1) is 10.2 Å². The molecule has 0 bridgehead atoms. The molecule has 2 aliphatic rings. The lowest BCUT2D eigenvalue weighted by Gasteiger charge is -2.21. The van der Waals surface area contributed by atoms with Gasteiger partial charge in [0.2, 0.25) is 5.13 Å². The molecule has 0 aromatic carbocycles.